The number of nitrogens with one attached hydrogen (secondary N) is 1. The molecule has 2 aromatic rings. The number of carbonyl (C=O) groups is 1. The van der Waals surface area contributed by atoms with Gasteiger partial charge in [-0.2, -0.15) is 0 Å². The molecule has 1 N–H and O–H groups in total. The minimum Gasteiger partial charge on any atom is -0.327 e. The Morgan fingerprint density at radius 3 is 2.36 bits per heavy atom. The van der Waals surface area contributed by atoms with Crippen LogP contribution in [-0.4, -0.2) is 29.5 Å². The van der Waals surface area contributed by atoms with Gasteiger partial charge in [0.2, 0.25) is 0 Å². The summed E-state index contributed by atoms with van der Waals surface area (Å²) in [5, 5.41) is 2.92. The van der Waals surface area contributed by atoms with Crippen LogP contribution in [0.15, 0.2) is 48.8 Å². The third-order valence-electron chi connectivity index (χ3n) is 3.66. The van der Waals surface area contributed by atoms with Crippen molar-refractivity contribution in [3.63, 3.8) is 0 Å². The standard InChI is InChI=1S/C18H23N3O/c1-14(2)16-4-6-17(7-5-16)20-18(22)21(3)13-10-15-8-11-19-12-9-15/h4-9,11-12,14H,10,13H2,1-3H3,(H,20,22). The van der Waals surface area contributed by atoms with Crippen molar-refractivity contribution in [2.75, 3.05) is 18.9 Å². The molecule has 0 aliphatic rings. The summed E-state index contributed by atoms with van der Waals surface area (Å²) in [5.41, 5.74) is 3.27. The van der Waals surface area contributed by atoms with Crippen molar-refractivity contribution in [1.29, 1.82) is 0 Å². The lowest BCUT2D eigenvalue weighted by atomic mass is 10.0. The van der Waals surface area contributed by atoms with Crippen LogP contribution < -0.4 is 5.32 Å². The van der Waals surface area contributed by atoms with Crippen LogP contribution in [0.5, 0.6) is 0 Å². The number of benzene rings is 1. The predicted molar refractivity (Wildman–Crippen MR) is 90.1 cm³/mol. The number of carbonyl (C=O) groups excluding carboxylic acids is 1. The molecule has 0 aliphatic carbocycles. The molecule has 0 atom stereocenters. The number of hydrogen-bond donors (Lipinski definition) is 1. The van der Waals surface area contributed by atoms with Gasteiger partial charge in [-0.3, -0.25) is 4.98 Å². The highest BCUT2D eigenvalue weighted by Crippen LogP contribution is 2.17. The van der Waals surface area contributed by atoms with Gasteiger partial charge in [-0.25, -0.2) is 4.79 Å². The van der Waals surface area contributed by atoms with Gasteiger partial charge in [0.15, 0.2) is 0 Å². The molecule has 0 unspecified atom stereocenters. The smallest absolute Gasteiger partial charge is 0.321 e. The minimum absolute atomic E-state index is 0.0913. The number of pyridine rings is 1. The van der Waals surface area contributed by atoms with Gasteiger partial charge in [-0.05, 0) is 47.7 Å². The normalized spacial score (nSPS) is 10.5. The molecule has 1 heterocycles. The molecule has 4 heteroatoms. The van der Waals surface area contributed by atoms with Crippen LogP contribution >= 0.6 is 0 Å². The van der Waals surface area contributed by atoms with E-state index in [1.165, 1.54) is 11.1 Å². The van der Waals surface area contributed by atoms with Crippen molar-refractivity contribution in [3.8, 4) is 0 Å². The summed E-state index contributed by atoms with van der Waals surface area (Å²) in [7, 11) is 1.80. The molecule has 0 spiro atoms. The number of anilines is 1. The van der Waals surface area contributed by atoms with Crippen molar-refractivity contribution in [3.05, 3.63) is 59.9 Å². The second kappa shape index (κ2) is 7.59. The number of rotatable bonds is 5. The number of hydrogen-bond acceptors (Lipinski definition) is 2. The summed E-state index contributed by atoms with van der Waals surface area (Å²) < 4.78 is 0. The van der Waals surface area contributed by atoms with Crippen LogP contribution in [-0.2, 0) is 6.42 Å². The first-order valence-electron chi connectivity index (χ1n) is 7.57. The van der Waals surface area contributed by atoms with E-state index in [1.54, 1.807) is 24.3 Å². The maximum Gasteiger partial charge on any atom is 0.321 e. The van der Waals surface area contributed by atoms with Gasteiger partial charge >= 0.3 is 6.03 Å². The summed E-state index contributed by atoms with van der Waals surface area (Å²) in [6, 6.07) is 11.8. The maximum absolute atomic E-state index is 12.2. The molecule has 116 valence electrons. The third kappa shape index (κ3) is 4.58. The fourth-order valence-corrected chi connectivity index (χ4v) is 2.12. The Kier molecular flexibility index (Phi) is 5.53. The van der Waals surface area contributed by atoms with E-state index in [4.69, 9.17) is 0 Å². The SMILES string of the molecule is CC(C)c1ccc(NC(=O)N(C)CCc2ccncc2)cc1. The van der Waals surface area contributed by atoms with E-state index in [-0.39, 0.29) is 6.03 Å². The quantitative estimate of drug-likeness (QED) is 0.909. The fourth-order valence-electron chi connectivity index (χ4n) is 2.12. The van der Waals surface area contributed by atoms with Crippen LogP contribution in [0.2, 0.25) is 0 Å². The summed E-state index contributed by atoms with van der Waals surface area (Å²) >= 11 is 0. The highest BCUT2D eigenvalue weighted by Gasteiger charge is 2.09. The molecule has 0 bridgehead atoms. The average Bonchev–Trinajstić information content (AvgIpc) is 2.54. The second-order valence-electron chi connectivity index (χ2n) is 5.73. The summed E-state index contributed by atoms with van der Waals surface area (Å²) in [5.74, 6) is 0.493. The molecular weight excluding hydrogens is 274 g/mol. The number of aromatic nitrogens is 1. The van der Waals surface area contributed by atoms with Gasteiger partial charge in [0.25, 0.3) is 0 Å². The number of likely N-dealkylation sites (N-methyl/N-ethyl adjacent to an activating group) is 1. The molecule has 0 aliphatic heterocycles. The molecule has 22 heavy (non-hydrogen) atoms. The molecule has 2 amide bonds. The van der Waals surface area contributed by atoms with Crippen LogP contribution in [0.1, 0.15) is 30.9 Å². The molecule has 0 radical (unpaired) electrons. The Hall–Kier alpha value is -2.36. The van der Waals surface area contributed by atoms with Crippen molar-refractivity contribution in [2.45, 2.75) is 26.2 Å². The second-order valence-corrected chi connectivity index (χ2v) is 5.73. The van der Waals surface area contributed by atoms with E-state index in [9.17, 15) is 4.79 Å². The molecule has 2 rings (SSSR count). The van der Waals surface area contributed by atoms with Crippen LogP contribution in [0.4, 0.5) is 10.5 Å². The van der Waals surface area contributed by atoms with Gasteiger partial charge in [0.1, 0.15) is 0 Å². The van der Waals surface area contributed by atoms with E-state index in [0.29, 0.717) is 12.5 Å². The molecular formula is C18H23N3O. The number of urea groups is 1. The summed E-state index contributed by atoms with van der Waals surface area (Å²) in [6.45, 7) is 4.97. The minimum atomic E-state index is -0.0913. The maximum atomic E-state index is 12.2. The van der Waals surface area contributed by atoms with Gasteiger partial charge in [0.05, 0.1) is 0 Å². The van der Waals surface area contributed by atoms with Crippen molar-refractivity contribution in [1.82, 2.24) is 9.88 Å². The summed E-state index contributed by atoms with van der Waals surface area (Å²) in [4.78, 5) is 17.8. The Balaban J connectivity index is 1.85. The zero-order chi connectivity index (χ0) is 15.9. The lowest BCUT2D eigenvalue weighted by Crippen LogP contribution is -2.32. The Labute approximate surface area is 132 Å². The van der Waals surface area contributed by atoms with Gasteiger partial charge in [-0.1, -0.05) is 26.0 Å². The first-order valence-corrected chi connectivity index (χ1v) is 7.57. The van der Waals surface area contributed by atoms with Gasteiger partial charge in [0, 0.05) is 31.7 Å². The van der Waals surface area contributed by atoms with E-state index in [2.05, 4.69) is 36.3 Å². The van der Waals surface area contributed by atoms with Crippen molar-refractivity contribution >= 4 is 11.7 Å². The van der Waals surface area contributed by atoms with Crippen LogP contribution in [0.3, 0.4) is 0 Å². The monoisotopic (exact) mass is 297 g/mol. The fraction of sp³-hybridized carbons (Fsp3) is 0.333. The van der Waals surface area contributed by atoms with E-state index < -0.39 is 0 Å². The molecule has 4 nitrogen and oxygen atoms in total. The molecule has 1 aromatic heterocycles. The Bertz CT molecular complexity index is 593. The zero-order valence-corrected chi connectivity index (χ0v) is 13.4. The zero-order valence-electron chi connectivity index (χ0n) is 13.4. The van der Waals surface area contributed by atoms with Crippen LogP contribution in [0.25, 0.3) is 0 Å². The number of nitrogens with zero attached hydrogens (tertiary/aromatic N) is 2. The van der Waals surface area contributed by atoms with E-state index >= 15 is 0 Å². The molecule has 0 fully saturated rings. The van der Waals surface area contributed by atoms with Gasteiger partial charge < -0.3 is 10.2 Å². The van der Waals surface area contributed by atoms with Gasteiger partial charge in [-0.15, -0.1) is 0 Å². The molecule has 0 saturated heterocycles. The highest BCUT2D eigenvalue weighted by molar-refractivity contribution is 5.89. The third-order valence-corrected chi connectivity index (χ3v) is 3.66. The van der Waals surface area contributed by atoms with E-state index in [0.717, 1.165) is 12.1 Å². The first kappa shape index (κ1) is 16.0. The van der Waals surface area contributed by atoms with Crippen molar-refractivity contribution in [2.24, 2.45) is 0 Å². The Morgan fingerprint density at radius 2 is 1.77 bits per heavy atom. The Morgan fingerprint density at radius 1 is 1.14 bits per heavy atom. The topological polar surface area (TPSA) is 45.2 Å². The highest BCUT2D eigenvalue weighted by atomic mass is 16.2. The molecule has 0 saturated carbocycles. The van der Waals surface area contributed by atoms with E-state index in [1.807, 2.05) is 24.3 Å². The lowest BCUT2D eigenvalue weighted by Gasteiger charge is -2.18. The summed E-state index contributed by atoms with van der Waals surface area (Å²) in [6.07, 6.45) is 4.36. The lowest BCUT2D eigenvalue weighted by molar-refractivity contribution is 0.223. The first-order chi connectivity index (χ1) is 10.6. The predicted octanol–water partition coefficient (Wildman–Crippen LogP) is 3.91. The van der Waals surface area contributed by atoms with Crippen LogP contribution in [0, 0.1) is 0 Å². The number of amides is 2. The van der Waals surface area contributed by atoms with Crippen molar-refractivity contribution < 1.29 is 4.79 Å². The largest absolute Gasteiger partial charge is 0.327 e. The molecule has 1 aromatic carbocycles. The average molecular weight is 297 g/mol.